The largest absolute Gasteiger partial charge is 0.469 e. The number of aliphatic hydroxyl groups excluding tert-OH is 2. The van der Waals surface area contributed by atoms with Gasteiger partial charge in [-0.25, -0.2) is 9.36 Å². The van der Waals surface area contributed by atoms with Crippen LogP contribution in [0.2, 0.25) is 0 Å². The fraction of sp³-hybridized carbons (Fsp3) is 0.556. The van der Waals surface area contributed by atoms with Crippen LogP contribution in [0.25, 0.3) is 0 Å². The molecular formula is C9H13N2O9PS. The van der Waals surface area contributed by atoms with Crippen molar-refractivity contribution in [1.29, 1.82) is 0 Å². The van der Waals surface area contributed by atoms with Gasteiger partial charge in [-0.3, -0.25) is 18.9 Å². The minimum atomic E-state index is -4.78. The highest BCUT2D eigenvalue weighted by atomic mass is 32.1. The van der Waals surface area contributed by atoms with Crippen molar-refractivity contribution < 1.29 is 33.8 Å². The van der Waals surface area contributed by atoms with Crippen molar-refractivity contribution in [1.82, 2.24) is 9.55 Å². The molecule has 1 aromatic rings. The molecule has 0 amide bonds. The van der Waals surface area contributed by atoms with Crippen LogP contribution in [0.5, 0.6) is 0 Å². The maximum absolute atomic E-state index is 11.7. The number of phosphoric ester groups is 1. The number of nitrogens with zero attached hydrogens (tertiary/aromatic N) is 1. The first-order chi connectivity index (χ1) is 10.1. The summed E-state index contributed by atoms with van der Waals surface area (Å²) in [6.07, 6.45) is -4.79. The molecule has 1 aliphatic heterocycles. The van der Waals surface area contributed by atoms with Crippen LogP contribution in [-0.2, 0) is 13.8 Å². The number of nitrogens with one attached hydrogen (secondary N) is 1. The molecule has 0 unspecified atom stereocenters. The predicted molar refractivity (Wildman–Crippen MR) is 72.5 cm³/mol. The molecule has 1 saturated heterocycles. The Balaban J connectivity index is 2.23. The van der Waals surface area contributed by atoms with Crippen molar-refractivity contribution in [2.75, 3.05) is 6.61 Å². The number of hydrogen-bond donors (Lipinski definition) is 6. The second-order valence-corrected chi connectivity index (χ2v) is 6.23. The molecule has 0 bridgehead atoms. The number of H-pyrrole nitrogens is 1. The first-order valence-corrected chi connectivity index (χ1v) is 7.84. The van der Waals surface area contributed by atoms with Gasteiger partial charge < -0.3 is 24.7 Å². The van der Waals surface area contributed by atoms with E-state index in [0.717, 1.165) is 10.8 Å². The lowest BCUT2D eigenvalue weighted by Gasteiger charge is -2.17. The van der Waals surface area contributed by atoms with Crippen molar-refractivity contribution >= 4 is 20.5 Å². The summed E-state index contributed by atoms with van der Waals surface area (Å²) in [6, 6.07) is 0. The molecule has 4 atom stereocenters. The van der Waals surface area contributed by atoms with E-state index in [9.17, 15) is 24.4 Å². The van der Waals surface area contributed by atoms with E-state index in [1.807, 2.05) is 4.98 Å². The first-order valence-electron chi connectivity index (χ1n) is 5.86. The van der Waals surface area contributed by atoms with E-state index in [4.69, 9.17) is 14.5 Å². The molecule has 1 aliphatic rings. The van der Waals surface area contributed by atoms with Crippen LogP contribution in [0, 0.1) is 0 Å². The van der Waals surface area contributed by atoms with Crippen LogP contribution in [-0.4, -0.2) is 54.5 Å². The number of hydrogen-bond acceptors (Lipinski definition) is 8. The van der Waals surface area contributed by atoms with Gasteiger partial charge >= 0.3 is 13.5 Å². The van der Waals surface area contributed by atoms with Gasteiger partial charge in [-0.05, 0) is 0 Å². The zero-order chi connectivity index (χ0) is 16.7. The maximum Gasteiger partial charge on any atom is 0.469 e. The highest BCUT2D eigenvalue weighted by Crippen LogP contribution is 2.38. The molecule has 22 heavy (non-hydrogen) atoms. The van der Waals surface area contributed by atoms with E-state index < -0.39 is 50.2 Å². The monoisotopic (exact) mass is 356 g/mol. The van der Waals surface area contributed by atoms with Gasteiger partial charge in [-0.2, -0.15) is 0 Å². The Hall–Kier alpha value is -0.980. The fourth-order valence-electron chi connectivity index (χ4n) is 1.93. The molecule has 0 aliphatic carbocycles. The summed E-state index contributed by atoms with van der Waals surface area (Å²) in [5, 5.41) is 19.7. The lowest BCUT2D eigenvalue weighted by atomic mass is 10.1. The number of aliphatic hydroxyl groups is 2. The van der Waals surface area contributed by atoms with E-state index in [1.165, 1.54) is 0 Å². The zero-order valence-electron chi connectivity index (χ0n) is 10.8. The quantitative estimate of drug-likeness (QED) is 0.253. The van der Waals surface area contributed by atoms with Crippen LogP contribution in [0.15, 0.2) is 20.7 Å². The Morgan fingerprint density at radius 1 is 1.36 bits per heavy atom. The zero-order valence-corrected chi connectivity index (χ0v) is 12.6. The van der Waals surface area contributed by atoms with Crippen molar-refractivity contribution in [2.45, 2.75) is 29.4 Å². The summed E-state index contributed by atoms with van der Waals surface area (Å²) < 4.78 is 20.8. The molecular weight excluding hydrogens is 343 g/mol. The van der Waals surface area contributed by atoms with E-state index in [0.29, 0.717) is 0 Å². The number of ether oxygens (including phenoxy) is 1. The summed E-state index contributed by atoms with van der Waals surface area (Å²) in [4.78, 5) is 42.0. The molecule has 13 heteroatoms. The molecule has 2 heterocycles. The Morgan fingerprint density at radius 2 is 2.00 bits per heavy atom. The van der Waals surface area contributed by atoms with Gasteiger partial charge in [-0.1, -0.05) is 0 Å². The third-order valence-electron chi connectivity index (χ3n) is 2.97. The van der Waals surface area contributed by atoms with E-state index in [2.05, 4.69) is 17.2 Å². The van der Waals surface area contributed by atoms with Gasteiger partial charge in [0.05, 0.1) is 11.5 Å². The molecule has 0 spiro atoms. The first kappa shape index (κ1) is 17.4. The molecule has 0 radical (unpaired) electrons. The van der Waals surface area contributed by atoms with E-state index in [-0.39, 0.29) is 4.90 Å². The van der Waals surface area contributed by atoms with Crippen molar-refractivity contribution in [2.24, 2.45) is 0 Å². The highest BCUT2D eigenvalue weighted by Gasteiger charge is 2.45. The molecule has 1 fully saturated rings. The third-order valence-corrected chi connectivity index (χ3v) is 3.77. The summed E-state index contributed by atoms with van der Waals surface area (Å²) >= 11 is 3.83. The number of phosphoric acid groups is 1. The molecule has 5 N–H and O–H groups in total. The minimum absolute atomic E-state index is 0.125. The Bertz CT molecular complexity index is 712. The summed E-state index contributed by atoms with van der Waals surface area (Å²) in [5.41, 5.74) is -1.64. The fourth-order valence-corrected chi connectivity index (χ4v) is 2.45. The minimum Gasteiger partial charge on any atom is -0.387 e. The van der Waals surface area contributed by atoms with Gasteiger partial charge in [0, 0.05) is 6.20 Å². The summed E-state index contributed by atoms with van der Waals surface area (Å²) in [7, 11) is -4.78. The molecule has 124 valence electrons. The Labute approximate surface area is 127 Å². The van der Waals surface area contributed by atoms with Crippen molar-refractivity contribution in [3.8, 4) is 0 Å². The topological polar surface area (TPSA) is 171 Å². The summed E-state index contributed by atoms with van der Waals surface area (Å²) in [6.45, 7) is -0.704. The van der Waals surface area contributed by atoms with Crippen LogP contribution in [0.4, 0.5) is 0 Å². The van der Waals surface area contributed by atoms with Gasteiger partial charge in [0.2, 0.25) is 0 Å². The third kappa shape index (κ3) is 3.67. The van der Waals surface area contributed by atoms with E-state index in [1.54, 1.807) is 0 Å². The van der Waals surface area contributed by atoms with Crippen LogP contribution < -0.4 is 11.2 Å². The van der Waals surface area contributed by atoms with E-state index >= 15 is 0 Å². The van der Waals surface area contributed by atoms with Gasteiger partial charge in [0.15, 0.2) is 6.23 Å². The Kier molecular flexibility index (Phi) is 4.94. The smallest absolute Gasteiger partial charge is 0.387 e. The number of rotatable bonds is 4. The highest BCUT2D eigenvalue weighted by molar-refractivity contribution is 7.80. The second kappa shape index (κ2) is 6.26. The summed E-state index contributed by atoms with van der Waals surface area (Å²) in [5.74, 6) is 0. The normalized spacial score (nSPS) is 29.0. The molecule has 1 aromatic heterocycles. The van der Waals surface area contributed by atoms with Crippen LogP contribution >= 0.6 is 20.5 Å². The second-order valence-electron chi connectivity index (χ2n) is 4.51. The van der Waals surface area contributed by atoms with Crippen LogP contribution in [0.1, 0.15) is 6.23 Å². The average molecular weight is 356 g/mol. The molecule has 2 rings (SSSR count). The number of aromatic nitrogens is 2. The van der Waals surface area contributed by atoms with Gasteiger partial charge in [0.25, 0.3) is 5.56 Å². The van der Waals surface area contributed by atoms with Crippen LogP contribution in [0.3, 0.4) is 0 Å². The average Bonchev–Trinajstić information content (AvgIpc) is 2.68. The molecule has 0 saturated carbocycles. The Morgan fingerprint density at radius 3 is 2.59 bits per heavy atom. The van der Waals surface area contributed by atoms with Gasteiger partial charge in [-0.15, -0.1) is 12.6 Å². The molecule has 11 nitrogen and oxygen atoms in total. The predicted octanol–water partition coefficient (Wildman–Crippen LogP) is -2.45. The van der Waals surface area contributed by atoms with Gasteiger partial charge in [0.1, 0.15) is 18.3 Å². The maximum atomic E-state index is 11.7. The number of aromatic amines is 1. The standard InChI is InChI=1S/C9H13N2O9PS/c12-5-3(2-19-21(16,17)18)20-8(6(5)13)11-1-4(22)7(14)10-9(11)15/h1,3,5-6,8,12-13,22H,2H2,(H,10,14,15)(H2,16,17,18)/t3-,5-,6-,8-/m1/s1. The lowest BCUT2D eigenvalue weighted by molar-refractivity contribution is -0.0546. The molecule has 0 aromatic carbocycles. The lowest BCUT2D eigenvalue weighted by Crippen LogP contribution is -2.38. The SMILES string of the molecule is O=c1[nH]c(=O)n([C@@H]2O[C@H](COP(=O)(O)O)[C@@H](O)[C@H]2O)cc1S. The van der Waals surface area contributed by atoms with Crippen molar-refractivity contribution in [3.05, 3.63) is 27.0 Å². The number of thiol groups is 1. The van der Waals surface area contributed by atoms with Crippen molar-refractivity contribution in [3.63, 3.8) is 0 Å².